The topological polar surface area (TPSA) is 77.5 Å². The molecule has 2 unspecified atom stereocenters. The molecule has 1 amide bonds. The smallest absolute Gasteiger partial charge is 0.287 e. The van der Waals surface area contributed by atoms with Gasteiger partial charge in [-0.05, 0) is 73.9 Å². The summed E-state index contributed by atoms with van der Waals surface area (Å²) in [4.78, 5) is 12.6. The third-order valence-corrected chi connectivity index (χ3v) is 5.75. The monoisotopic (exact) mass is 372 g/mol. The number of hydrogen-bond acceptors (Lipinski definition) is 4. The number of carbonyl (C=O) groups is 1. The highest BCUT2D eigenvalue weighted by Gasteiger charge is 2.40. The summed E-state index contributed by atoms with van der Waals surface area (Å²) in [5.74, 6) is 1.83. The Balaban J connectivity index is 1.35. The summed E-state index contributed by atoms with van der Waals surface area (Å²) >= 11 is 0. The van der Waals surface area contributed by atoms with Crippen molar-refractivity contribution < 1.29 is 18.3 Å². The first-order valence-electron chi connectivity index (χ1n) is 9.62. The average Bonchev–Trinajstić information content (AvgIpc) is 3.11. The summed E-state index contributed by atoms with van der Waals surface area (Å²) in [5.41, 5.74) is 6.16. The van der Waals surface area contributed by atoms with E-state index in [2.05, 4.69) is 5.32 Å². The fourth-order valence-corrected chi connectivity index (χ4v) is 4.51. The molecule has 2 atom stereocenters. The van der Waals surface area contributed by atoms with E-state index in [9.17, 15) is 9.18 Å². The minimum absolute atomic E-state index is 0.180. The fraction of sp³-hybridized carbons (Fsp3) is 0.476. The zero-order valence-corrected chi connectivity index (χ0v) is 15.2. The molecular formula is C21H25FN2O3. The van der Waals surface area contributed by atoms with Crippen LogP contribution in [0.3, 0.4) is 0 Å². The van der Waals surface area contributed by atoms with Gasteiger partial charge in [-0.2, -0.15) is 0 Å². The molecule has 1 aromatic heterocycles. The van der Waals surface area contributed by atoms with Crippen LogP contribution in [-0.2, 0) is 6.61 Å². The highest BCUT2D eigenvalue weighted by Crippen LogP contribution is 2.39. The number of rotatable bonds is 5. The number of amides is 1. The Labute approximate surface area is 158 Å². The largest absolute Gasteiger partial charge is 0.486 e. The molecule has 2 aromatic rings. The lowest BCUT2D eigenvalue weighted by Crippen LogP contribution is -2.53. The van der Waals surface area contributed by atoms with Crippen molar-refractivity contribution in [1.82, 2.24) is 5.32 Å². The van der Waals surface area contributed by atoms with Crippen LogP contribution in [0.2, 0.25) is 0 Å². The van der Waals surface area contributed by atoms with E-state index in [1.165, 1.54) is 18.6 Å². The lowest BCUT2D eigenvalue weighted by Gasteiger charge is -2.45. The van der Waals surface area contributed by atoms with Crippen LogP contribution < -0.4 is 15.8 Å². The molecule has 3 N–H and O–H groups in total. The van der Waals surface area contributed by atoms with E-state index in [-0.39, 0.29) is 30.4 Å². The molecular weight excluding hydrogens is 347 g/mol. The number of ether oxygens (including phenoxy) is 1. The van der Waals surface area contributed by atoms with Gasteiger partial charge in [-0.1, -0.05) is 6.42 Å². The van der Waals surface area contributed by atoms with Gasteiger partial charge in [-0.3, -0.25) is 4.79 Å². The summed E-state index contributed by atoms with van der Waals surface area (Å²) in [6.07, 6.45) is 5.45. The van der Waals surface area contributed by atoms with Crippen molar-refractivity contribution in [3.8, 4) is 5.75 Å². The van der Waals surface area contributed by atoms with Crippen LogP contribution in [0.25, 0.3) is 0 Å². The molecule has 2 aliphatic carbocycles. The van der Waals surface area contributed by atoms with Crippen molar-refractivity contribution in [2.75, 3.05) is 0 Å². The van der Waals surface area contributed by atoms with Crippen molar-refractivity contribution in [2.45, 2.75) is 50.8 Å². The Morgan fingerprint density at radius 1 is 1.15 bits per heavy atom. The number of furan rings is 1. The maximum Gasteiger partial charge on any atom is 0.287 e. The Morgan fingerprint density at radius 3 is 2.56 bits per heavy atom. The van der Waals surface area contributed by atoms with Crippen molar-refractivity contribution in [3.63, 3.8) is 0 Å². The number of carbonyl (C=O) groups excluding carboxylic acids is 1. The molecule has 0 radical (unpaired) electrons. The number of hydrogen-bond donors (Lipinski definition) is 2. The van der Waals surface area contributed by atoms with E-state index < -0.39 is 0 Å². The molecule has 1 heterocycles. The highest BCUT2D eigenvalue weighted by molar-refractivity contribution is 5.91. The Bertz CT molecular complexity index is 775. The predicted molar refractivity (Wildman–Crippen MR) is 98.7 cm³/mol. The molecule has 2 aliphatic rings. The molecule has 0 spiro atoms. The first-order valence-corrected chi connectivity index (χ1v) is 9.62. The zero-order valence-electron chi connectivity index (χ0n) is 15.2. The Hall–Kier alpha value is -2.34. The van der Waals surface area contributed by atoms with Gasteiger partial charge in [0.05, 0.1) is 0 Å². The van der Waals surface area contributed by atoms with Crippen LogP contribution in [0.4, 0.5) is 4.39 Å². The zero-order chi connectivity index (χ0) is 18.8. The van der Waals surface area contributed by atoms with Gasteiger partial charge in [0.25, 0.3) is 5.91 Å². The second-order valence-corrected chi connectivity index (χ2v) is 7.69. The number of fused-ring (bicyclic) bond motifs is 2. The van der Waals surface area contributed by atoms with Crippen LogP contribution in [0.1, 0.15) is 48.4 Å². The van der Waals surface area contributed by atoms with Gasteiger partial charge in [-0.15, -0.1) is 0 Å². The first kappa shape index (κ1) is 18.0. The molecule has 144 valence electrons. The molecule has 2 saturated carbocycles. The number of benzene rings is 1. The SMILES string of the molecule is NC1CC2CCCC(C1)C2NC(=O)c1ccc(COc2ccc(F)cc2)o1. The van der Waals surface area contributed by atoms with Crippen molar-refractivity contribution in [3.05, 3.63) is 53.7 Å². The van der Waals surface area contributed by atoms with Gasteiger partial charge in [0.15, 0.2) is 5.76 Å². The van der Waals surface area contributed by atoms with Crippen LogP contribution in [0.15, 0.2) is 40.8 Å². The lowest BCUT2D eigenvalue weighted by atomic mass is 9.67. The second kappa shape index (κ2) is 7.72. The number of halogens is 1. The Kier molecular flexibility index (Phi) is 5.16. The average molecular weight is 372 g/mol. The van der Waals surface area contributed by atoms with Gasteiger partial charge in [0.2, 0.25) is 0 Å². The normalized spacial score (nSPS) is 27.2. The summed E-state index contributed by atoms with van der Waals surface area (Å²) in [7, 11) is 0. The quantitative estimate of drug-likeness (QED) is 0.840. The van der Waals surface area contributed by atoms with Crippen molar-refractivity contribution in [2.24, 2.45) is 17.6 Å². The molecule has 0 saturated heterocycles. The van der Waals surface area contributed by atoms with E-state index in [0.29, 0.717) is 29.1 Å². The van der Waals surface area contributed by atoms with Crippen molar-refractivity contribution >= 4 is 5.91 Å². The molecule has 2 bridgehead atoms. The maximum absolute atomic E-state index is 12.9. The van der Waals surface area contributed by atoms with Crippen LogP contribution in [0.5, 0.6) is 5.75 Å². The summed E-state index contributed by atoms with van der Waals surface area (Å²) < 4.78 is 24.1. The molecule has 5 nitrogen and oxygen atoms in total. The lowest BCUT2D eigenvalue weighted by molar-refractivity contribution is 0.0729. The van der Waals surface area contributed by atoms with Gasteiger partial charge in [-0.25, -0.2) is 4.39 Å². The molecule has 27 heavy (non-hydrogen) atoms. The van der Waals surface area contributed by atoms with E-state index in [1.54, 1.807) is 24.3 Å². The molecule has 1 aromatic carbocycles. The number of nitrogens with one attached hydrogen (secondary N) is 1. The number of nitrogens with two attached hydrogens (primary N) is 1. The van der Waals surface area contributed by atoms with Gasteiger partial charge in [0.1, 0.15) is 23.9 Å². The highest BCUT2D eigenvalue weighted by atomic mass is 19.1. The van der Waals surface area contributed by atoms with Crippen molar-refractivity contribution in [1.29, 1.82) is 0 Å². The summed E-state index contributed by atoms with van der Waals surface area (Å²) in [6.45, 7) is 0.183. The minimum Gasteiger partial charge on any atom is -0.486 e. The van der Waals surface area contributed by atoms with Crippen LogP contribution in [-0.4, -0.2) is 18.0 Å². The molecule has 2 fully saturated rings. The molecule has 0 aliphatic heterocycles. The Morgan fingerprint density at radius 2 is 1.85 bits per heavy atom. The molecule has 4 rings (SSSR count). The van der Waals surface area contributed by atoms with E-state index in [0.717, 1.165) is 25.7 Å². The van der Waals surface area contributed by atoms with E-state index in [4.69, 9.17) is 14.9 Å². The second-order valence-electron chi connectivity index (χ2n) is 7.69. The maximum atomic E-state index is 12.9. The van der Waals surface area contributed by atoms with Gasteiger partial charge in [0, 0.05) is 12.1 Å². The van der Waals surface area contributed by atoms with E-state index in [1.807, 2.05) is 0 Å². The van der Waals surface area contributed by atoms with Crippen LogP contribution >= 0.6 is 0 Å². The third-order valence-electron chi connectivity index (χ3n) is 5.75. The third kappa shape index (κ3) is 4.16. The van der Waals surface area contributed by atoms with Gasteiger partial charge < -0.3 is 20.2 Å². The molecule has 6 heteroatoms. The summed E-state index contributed by atoms with van der Waals surface area (Å²) in [5, 5.41) is 3.18. The first-order chi connectivity index (χ1) is 13.1. The van der Waals surface area contributed by atoms with Crippen LogP contribution in [0, 0.1) is 17.7 Å². The predicted octanol–water partition coefficient (Wildman–Crippen LogP) is 3.63. The minimum atomic E-state index is -0.312. The fourth-order valence-electron chi connectivity index (χ4n) is 4.51. The summed E-state index contributed by atoms with van der Waals surface area (Å²) in [6, 6.07) is 9.63. The van der Waals surface area contributed by atoms with E-state index >= 15 is 0 Å². The standard InChI is InChI=1S/C21H25FN2O3/c22-15-4-6-17(7-5-15)26-12-18-8-9-19(27-18)21(25)24-20-13-2-1-3-14(20)11-16(23)10-13/h4-9,13-14,16,20H,1-3,10-12,23H2,(H,24,25). The van der Waals surface area contributed by atoms with Gasteiger partial charge >= 0.3 is 0 Å².